The third-order valence-electron chi connectivity index (χ3n) is 1.46. The molecule has 0 saturated heterocycles. The second kappa shape index (κ2) is 7.58. The van der Waals surface area contributed by atoms with E-state index in [-0.39, 0.29) is 6.61 Å². The van der Waals surface area contributed by atoms with Crippen LogP contribution in [0.15, 0.2) is 5.16 Å². The maximum Gasteiger partial charge on any atom is 0.344 e. The molecule has 1 N–H and O–H groups in total. The molecule has 0 rings (SSSR count). The lowest BCUT2D eigenvalue weighted by molar-refractivity contribution is -0.142. The molecule has 0 spiro atoms. The highest BCUT2D eigenvalue weighted by atomic mass is 16.6. The minimum Gasteiger partial charge on any atom is -0.479 e. The zero-order valence-corrected chi connectivity index (χ0v) is 8.25. The van der Waals surface area contributed by atoms with Crippen LogP contribution in [-0.2, 0) is 9.63 Å². The number of aliphatic carboxylic acids is 1. The molecule has 0 atom stereocenters. The molecular formula is C9H17NO3. The van der Waals surface area contributed by atoms with E-state index in [0.29, 0.717) is 0 Å². The van der Waals surface area contributed by atoms with Crippen LogP contribution in [0.3, 0.4) is 0 Å². The first-order valence-corrected chi connectivity index (χ1v) is 4.60. The van der Waals surface area contributed by atoms with Gasteiger partial charge in [-0.05, 0) is 12.8 Å². The number of carboxylic acids is 1. The summed E-state index contributed by atoms with van der Waals surface area (Å²) in [5, 5.41) is 12.1. The number of nitrogens with zero attached hydrogens (tertiary/aromatic N) is 1. The molecule has 0 aromatic heterocycles. The van der Waals surface area contributed by atoms with E-state index in [0.717, 1.165) is 31.4 Å². The summed E-state index contributed by atoms with van der Waals surface area (Å²) in [4.78, 5) is 14.8. The number of hydrogen-bond donors (Lipinski definition) is 1. The van der Waals surface area contributed by atoms with Crippen molar-refractivity contribution in [3.63, 3.8) is 0 Å². The monoisotopic (exact) mass is 187 g/mol. The van der Waals surface area contributed by atoms with E-state index in [9.17, 15) is 4.79 Å². The van der Waals surface area contributed by atoms with Crippen molar-refractivity contribution in [2.45, 2.75) is 39.5 Å². The number of rotatable bonds is 7. The maximum atomic E-state index is 10.1. The molecule has 0 aromatic rings. The molecule has 0 aliphatic carbocycles. The molecule has 0 unspecified atom stereocenters. The van der Waals surface area contributed by atoms with Gasteiger partial charge in [-0.25, -0.2) is 4.79 Å². The van der Waals surface area contributed by atoms with Crippen LogP contribution in [0, 0.1) is 0 Å². The number of oxime groups is 1. The topological polar surface area (TPSA) is 58.9 Å². The first kappa shape index (κ1) is 11.9. The van der Waals surface area contributed by atoms with E-state index >= 15 is 0 Å². The second-order valence-corrected chi connectivity index (χ2v) is 2.82. The lowest BCUT2D eigenvalue weighted by atomic mass is 10.1. The summed E-state index contributed by atoms with van der Waals surface area (Å²) in [6.45, 7) is 3.77. The van der Waals surface area contributed by atoms with Gasteiger partial charge < -0.3 is 9.94 Å². The van der Waals surface area contributed by atoms with Crippen LogP contribution in [0.2, 0.25) is 0 Å². The molecule has 4 heteroatoms. The molecule has 0 heterocycles. The van der Waals surface area contributed by atoms with Gasteiger partial charge in [0.05, 0.1) is 5.71 Å². The van der Waals surface area contributed by atoms with E-state index in [1.807, 2.05) is 0 Å². The quantitative estimate of drug-likeness (QED) is 0.490. The van der Waals surface area contributed by atoms with Crippen molar-refractivity contribution in [1.29, 1.82) is 0 Å². The lowest BCUT2D eigenvalue weighted by Gasteiger charge is -2.02. The van der Waals surface area contributed by atoms with Crippen molar-refractivity contribution >= 4 is 11.7 Å². The Hall–Kier alpha value is -1.06. The fraction of sp³-hybridized carbons (Fsp3) is 0.778. The summed E-state index contributed by atoms with van der Waals surface area (Å²) in [5.41, 5.74) is 0.950. The van der Waals surface area contributed by atoms with E-state index in [1.54, 1.807) is 0 Å². The minimum atomic E-state index is -0.990. The summed E-state index contributed by atoms with van der Waals surface area (Å²) >= 11 is 0. The van der Waals surface area contributed by atoms with E-state index < -0.39 is 5.97 Å². The van der Waals surface area contributed by atoms with Crippen molar-refractivity contribution in [1.82, 2.24) is 0 Å². The van der Waals surface area contributed by atoms with E-state index in [2.05, 4.69) is 23.8 Å². The van der Waals surface area contributed by atoms with Gasteiger partial charge in [-0.15, -0.1) is 0 Å². The van der Waals surface area contributed by atoms with Crippen molar-refractivity contribution in [2.75, 3.05) is 6.61 Å². The van der Waals surface area contributed by atoms with Crippen LogP contribution in [0.25, 0.3) is 0 Å². The Morgan fingerprint density at radius 1 is 1.31 bits per heavy atom. The van der Waals surface area contributed by atoms with Crippen LogP contribution >= 0.6 is 0 Å². The van der Waals surface area contributed by atoms with Crippen LogP contribution in [0.4, 0.5) is 0 Å². The highest BCUT2D eigenvalue weighted by Crippen LogP contribution is 2.00. The number of carboxylic acid groups (broad SMARTS) is 1. The molecule has 4 nitrogen and oxygen atoms in total. The van der Waals surface area contributed by atoms with Gasteiger partial charge in [0.25, 0.3) is 0 Å². The van der Waals surface area contributed by atoms with E-state index in [1.165, 1.54) is 0 Å². The summed E-state index contributed by atoms with van der Waals surface area (Å²) < 4.78 is 0. The van der Waals surface area contributed by atoms with Crippen LogP contribution in [0.5, 0.6) is 0 Å². The molecular weight excluding hydrogens is 170 g/mol. The molecule has 0 amide bonds. The summed E-state index contributed by atoms with van der Waals surface area (Å²) in [6, 6.07) is 0. The zero-order valence-electron chi connectivity index (χ0n) is 8.25. The van der Waals surface area contributed by atoms with Gasteiger partial charge in [0.2, 0.25) is 6.61 Å². The third-order valence-corrected chi connectivity index (χ3v) is 1.46. The lowest BCUT2D eigenvalue weighted by Crippen LogP contribution is -2.06. The Morgan fingerprint density at radius 3 is 2.23 bits per heavy atom. The Kier molecular flexibility index (Phi) is 6.96. The zero-order chi connectivity index (χ0) is 10.1. The third kappa shape index (κ3) is 7.31. The minimum absolute atomic E-state index is 0.350. The first-order chi connectivity index (χ1) is 6.20. The average molecular weight is 187 g/mol. The summed E-state index contributed by atoms with van der Waals surface area (Å²) in [5.74, 6) is -0.990. The SMILES string of the molecule is CCCC(CCC)=NOCC(=O)O. The molecule has 0 saturated carbocycles. The molecule has 0 aliphatic rings. The van der Waals surface area contributed by atoms with Gasteiger partial charge in [0.1, 0.15) is 0 Å². The standard InChI is InChI=1S/C9H17NO3/c1-3-5-8(6-4-2)10-13-7-9(11)12/h3-7H2,1-2H3,(H,11,12). The van der Waals surface area contributed by atoms with E-state index in [4.69, 9.17) is 5.11 Å². The fourth-order valence-electron chi connectivity index (χ4n) is 0.972. The van der Waals surface area contributed by atoms with Crippen LogP contribution in [-0.4, -0.2) is 23.4 Å². The fourth-order valence-corrected chi connectivity index (χ4v) is 0.972. The molecule has 76 valence electrons. The highest BCUT2D eigenvalue weighted by Gasteiger charge is 1.99. The molecule has 0 bridgehead atoms. The number of carbonyl (C=O) groups is 1. The summed E-state index contributed by atoms with van der Waals surface area (Å²) in [7, 11) is 0. The van der Waals surface area contributed by atoms with Gasteiger partial charge in [-0.2, -0.15) is 0 Å². The largest absolute Gasteiger partial charge is 0.479 e. The number of hydrogen-bond acceptors (Lipinski definition) is 3. The van der Waals surface area contributed by atoms with Crippen molar-refractivity contribution in [3.8, 4) is 0 Å². The van der Waals surface area contributed by atoms with Crippen LogP contribution < -0.4 is 0 Å². The molecule has 0 aliphatic heterocycles. The molecule has 0 radical (unpaired) electrons. The maximum absolute atomic E-state index is 10.1. The van der Waals surface area contributed by atoms with Crippen molar-refractivity contribution in [3.05, 3.63) is 0 Å². The van der Waals surface area contributed by atoms with Gasteiger partial charge in [-0.1, -0.05) is 31.8 Å². The Labute approximate surface area is 78.6 Å². The average Bonchev–Trinajstić information content (AvgIpc) is 2.04. The predicted octanol–water partition coefficient (Wildman–Crippen LogP) is 2.04. The van der Waals surface area contributed by atoms with Crippen molar-refractivity contribution in [2.24, 2.45) is 5.16 Å². The summed E-state index contributed by atoms with van der Waals surface area (Å²) in [6.07, 6.45) is 3.78. The normalized spacial score (nSPS) is 9.38. The smallest absolute Gasteiger partial charge is 0.344 e. The van der Waals surface area contributed by atoms with Gasteiger partial charge in [0.15, 0.2) is 0 Å². The Bertz CT molecular complexity index is 170. The van der Waals surface area contributed by atoms with Gasteiger partial charge in [-0.3, -0.25) is 0 Å². The van der Waals surface area contributed by atoms with Crippen molar-refractivity contribution < 1.29 is 14.7 Å². The molecule has 0 fully saturated rings. The molecule has 13 heavy (non-hydrogen) atoms. The van der Waals surface area contributed by atoms with Gasteiger partial charge >= 0.3 is 5.97 Å². The molecule has 0 aromatic carbocycles. The van der Waals surface area contributed by atoms with Gasteiger partial charge in [0, 0.05) is 0 Å². The second-order valence-electron chi connectivity index (χ2n) is 2.82. The Balaban J connectivity index is 3.80. The predicted molar refractivity (Wildman–Crippen MR) is 50.8 cm³/mol. The highest BCUT2D eigenvalue weighted by molar-refractivity contribution is 5.83. The van der Waals surface area contributed by atoms with Crippen LogP contribution in [0.1, 0.15) is 39.5 Å². The first-order valence-electron chi connectivity index (χ1n) is 4.60. The Morgan fingerprint density at radius 2 is 1.85 bits per heavy atom.